The minimum atomic E-state index is -0.935. The van der Waals surface area contributed by atoms with E-state index in [0.717, 1.165) is 11.3 Å². The van der Waals surface area contributed by atoms with Gasteiger partial charge in [-0.15, -0.1) is 0 Å². The molecule has 1 aliphatic rings. The monoisotopic (exact) mass is 456 g/mol. The predicted molar refractivity (Wildman–Crippen MR) is 128 cm³/mol. The Morgan fingerprint density at radius 3 is 2.56 bits per heavy atom. The Hall–Kier alpha value is -4.32. The Morgan fingerprint density at radius 2 is 1.79 bits per heavy atom. The van der Waals surface area contributed by atoms with E-state index in [1.165, 1.54) is 0 Å². The highest BCUT2D eigenvalue weighted by Gasteiger charge is 2.29. The summed E-state index contributed by atoms with van der Waals surface area (Å²) in [4.78, 5) is 25.3. The average Bonchev–Trinajstić information content (AvgIpc) is 3.18. The maximum absolute atomic E-state index is 12.7. The number of carbonyl (C=O) groups is 2. The van der Waals surface area contributed by atoms with Crippen molar-refractivity contribution in [1.29, 1.82) is 0 Å². The molecule has 3 aromatic rings. The van der Waals surface area contributed by atoms with Crippen LogP contribution >= 0.6 is 0 Å². The Labute approximate surface area is 198 Å². The molecule has 0 aromatic heterocycles. The molecule has 0 amide bonds. The summed E-state index contributed by atoms with van der Waals surface area (Å²) in [6.45, 7) is 1.98. The van der Waals surface area contributed by atoms with E-state index >= 15 is 0 Å². The zero-order valence-electron chi connectivity index (χ0n) is 18.9. The summed E-state index contributed by atoms with van der Waals surface area (Å²) >= 11 is 0. The second-order valence-corrected chi connectivity index (χ2v) is 7.38. The van der Waals surface area contributed by atoms with Crippen molar-refractivity contribution in [1.82, 2.24) is 0 Å². The summed E-state index contributed by atoms with van der Waals surface area (Å²) in [5.74, 6) is 0.970. The lowest BCUT2D eigenvalue weighted by Gasteiger charge is -2.18. The zero-order chi connectivity index (χ0) is 23.9. The van der Waals surface area contributed by atoms with Gasteiger partial charge in [0.05, 0.1) is 19.3 Å². The van der Waals surface area contributed by atoms with Crippen LogP contribution in [0.5, 0.6) is 17.2 Å². The van der Waals surface area contributed by atoms with Crippen LogP contribution in [0.2, 0.25) is 0 Å². The lowest BCUT2D eigenvalue weighted by Crippen LogP contribution is -2.21. The molecule has 1 atom stereocenters. The van der Waals surface area contributed by atoms with Crippen molar-refractivity contribution in [3.8, 4) is 17.2 Å². The molecule has 0 saturated heterocycles. The van der Waals surface area contributed by atoms with Crippen molar-refractivity contribution in [2.45, 2.75) is 13.0 Å². The molecule has 0 spiro atoms. The Bertz CT molecular complexity index is 1240. The van der Waals surface area contributed by atoms with Gasteiger partial charge in [-0.3, -0.25) is 4.79 Å². The molecule has 0 radical (unpaired) electrons. The SMILES string of the molecule is CCOC(=O)C(Oc1ccc2c(c1)OC(=CC=Cc1ccccc1OC)C2=O)c1ccccc1. The lowest BCUT2D eigenvalue weighted by molar-refractivity contribution is -0.151. The highest BCUT2D eigenvalue weighted by atomic mass is 16.6. The topological polar surface area (TPSA) is 71.1 Å². The van der Waals surface area contributed by atoms with E-state index < -0.39 is 12.1 Å². The number of allylic oxidation sites excluding steroid dienone is 3. The molecule has 1 aliphatic heterocycles. The van der Waals surface area contributed by atoms with E-state index in [-0.39, 0.29) is 18.1 Å². The number of hydrogen-bond donors (Lipinski definition) is 0. The predicted octanol–water partition coefficient (Wildman–Crippen LogP) is 5.55. The summed E-state index contributed by atoms with van der Waals surface area (Å²) in [5.41, 5.74) is 1.98. The molecule has 0 bridgehead atoms. The molecule has 1 unspecified atom stereocenters. The molecule has 4 rings (SSSR count). The van der Waals surface area contributed by atoms with Crippen molar-refractivity contribution >= 4 is 17.8 Å². The largest absolute Gasteiger partial charge is 0.496 e. The van der Waals surface area contributed by atoms with E-state index in [1.807, 2.05) is 48.5 Å². The van der Waals surface area contributed by atoms with Crippen LogP contribution in [0.3, 0.4) is 0 Å². The summed E-state index contributed by atoms with van der Waals surface area (Å²) in [6, 6.07) is 21.5. The van der Waals surface area contributed by atoms with Crippen LogP contribution in [0.25, 0.3) is 6.08 Å². The van der Waals surface area contributed by atoms with E-state index in [1.54, 1.807) is 56.5 Å². The molecular formula is C28H24O6. The fourth-order valence-corrected chi connectivity index (χ4v) is 3.53. The molecule has 34 heavy (non-hydrogen) atoms. The third kappa shape index (κ3) is 5.02. The molecule has 3 aromatic carbocycles. The van der Waals surface area contributed by atoms with Gasteiger partial charge < -0.3 is 18.9 Å². The normalized spacial score (nSPS) is 14.5. The van der Waals surface area contributed by atoms with Gasteiger partial charge in [0.15, 0.2) is 5.76 Å². The Kier molecular flexibility index (Phi) is 7.08. The maximum atomic E-state index is 12.7. The molecule has 0 aliphatic carbocycles. The highest BCUT2D eigenvalue weighted by Crippen LogP contribution is 2.36. The fraction of sp³-hybridized carbons (Fsp3) is 0.143. The Morgan fingerprint density at radius 1 is 1.03 bits per heavy atom. The first-order chi connectivity index (χ1) is 16.6. The maximum Gasteiger partial charge on any atom is 0.352 e. The van der Waals surface area contributed by atoms with Crippen LogP contribution in [0.1, 0.15) is 34.5 Å². The van der Waals surface area contributed by atoms with Crippen LogP contribution < -0.4 is 14.2 Å². The van der Waals surface area contributed by atoms with Gasteiger partial charge in [0, 0.05) is 17.2 Å². The number of methoxy groups -OCH3 is 1. The van der Waals surface area contributed by atoms with Crippen molar-refractivity contribution in [3.63, 3.8) is 0 Å². The van der Waals surface area contributed by atoms with Gasteiger partial charge in [-0.2, -0.15) is 0 Å². The van der Waals surface area contributed by atoms with Crippen molar-refractivity contribution in [3.05, 3.63) is 107 Å². The molecule has 1 heterocycles. The molecule has 172 valence electrons. The van der Waals surface area contributed by atoms with Crippen molar-refractivity contribution in [2.24, 2.45) is 0 Å². The number of ketones is 1. The van der Waals surface area contributed by atoms with E-state index in [9.17, 15) is 9.59 Å². The number of carbonyl (C=O) groups excluding carboxylic acids is 2. The second-order valence-electron chi connectivity index (χ2n) is 7.38. The zero-order valence-corrected chi connectivity index (χ0v) is 18.9. The van der Waals surface area contributed by atoms with Crippen LogP contribution in [-0.2, 0) is 9.53 Å². The molecule has 0 saturated carbocycles. The van der Waals surface area contributed by atoms with Crippen LogP contribution in [0.4, 0.5) is 0 Å². The quantitative estimate of drug-likeness (QED) is 0.327. The summed E-state index contributed by atoms with van der Waals surface area (Å²) in [5, 5.41) is 0. The van der Waals surface area contributed by atoms with E-state index in [2.05, 4.69) is 0 Å². The van der Waals surface area contributed by atoms with Crippen molar-refractivity contribution in [2.75, 3.05) is 13.7 Å². The third-order valence-electron chi connectivity index (χ3n) is 5.16. The van der Waals surface area contributed by atoms with Gasteiger partial charge in [-0.1, -0.05) is 60.7 Å². The minimum absolute atomic E-state index is 0.198. The van der Waals surface area contributed by atoms with Gasteiger partial charge in [-0.25, -0.2) is 4.79 Å². The number of hydrogen-bond acceptors (Lipinski definition) is 6. The first-order valence-corrected chi connectivity index (χ1v) is 10.9. The number of Topliss-reactive ketones (excluding diaryl/α,β-unsaturated/α-hetero) is 1. The smallest absolute Gasteiger partial charge is 0.352 e. The standard InChI is InChI=1S/C28H24O6/c1-3-32-28(30)27(20-11-5-4-6-12-20)33-21-16-17-22-25(18-21)34-24(26(22)29)15-9-13-19-10-7-8-14-23(19)31-2/h4-18,27H,3H2,1-2H3. The van der Waals surface area contributed by atoms with Crippen LogP contribution in [0.15, 0.2) is 90.7 Å². The molecule has 0 fully saturated rings. The first kappa shape index (κ1) is 22.9. The van der Waals surface area contributed by atoms with Gasteiger partial charge in [-0.05, 0) is 31.2 Å². The van der Waals surface area contributed by atoms with Crippen LogP contribution in [0, 0.1) is 0 Å². The number of para-hydroxylation sites is 1. The second kappa shape index (κ2) is 10.5. The van der Waals surface area contributed by atoms with E-state index in [0.29, 0.717) is 22.6 Å². The average molecular weight is 456 g/mol. The van der Waals surface area contributed by atoms with Crippen molar-refractivity contribution < 1.29 is 28.5 Å². The number of rotatable bonds is 8. The third-order valence-corrected chi connectivity index (χ3v) is 5.16. The minimum Gasteiger partial charge on any atom is -0.496 e. The lowest BCUT2D eigenvalue weighted by atomic mass is 10.1. The summed E-state index contributed by atoms with van der Waals surface area (Å²) in [6.07, 6.45) is 4.25. The van der Waals surface area contributed by atoms with Gasteiger partial charge >= 0.3 is 5.97 Å². The summed E-state index contributed by atoms with van der Waals surface area (Å²) < 4.78 is 22.3. The molecule has 6 nitrogen and oxygen atoms in total. The molecule has 0 N–H and O–H groups in total. The van der Waals surface area contributed by atoms with E-state index in [4.69, 9.17) is 18.9 Å². The van der Waals surface area contributed by atoms with Gasteiger partial charge in [0.1, 0.15) is 17.2 Å². The number of ether oxygens (including phenoxy) is 4. The highest BCUT2D eigenvalue weighted by molar-refractivity contribution is 6.12. The van der Waals surface area contributed by atoms with Gasteiger partial charge in [0.25, 0.3) is 0 Å². The number of esters is 1. The van der Waals surface area contributed by atoms with Gasteiger partial charge in [0.2, 0.25) is 11.9 Å². The first-order valence-electron chi connectivity index (χ1n) is 10.9. The number of fused-ring (bicyclic) bond motifs is 1. The molecular weight excluding hydrogens is 432 g/mol. The number of benzene rings is 3. The fourth-order valence-electron chi connectivity index (χ4n) is 3.53. The Balaban J connectivity index is 1.53. The summed E-state index contributed by atoms with van der Waals surface area (Å²) in [7, 11) is 1.61. The van der Waals surface area contributed by atoms with Crippen LogP contribution in [-0.4, -0.2) is 25.5 Å². The molecule has 6 heteroatoms.